The van der Waals surface area contributed by atoms with Crippen LogP contribution in [0.3, 0.4) is 0 Å². The number of hydrogen-bond acceptors (Lipinski definition) is 4. The van der Waals surface area contributed by atoms with Crippen molar-refractivity contribution in [1.29, 1.82) is 0 Å². The first-order valence-electron chi connectivity index (χ1n) is 7.04. The molecule has 1 aromatic heterocycles. The first-order valence-corrected chi connectivity index (χ1v) is 7.41. The van der Waals surface area contributed by atoms with Crippen LogP contribution in [0.25, 0.3) is 0 Å². The van der Waals surface area contributed by atoms with Gasteiger partial charge in [0, 0.05) is 13.0 Å². The fourth-order valence-electron chi connectivity index (χ4n) is 1.95. The molecule has 0 radical (unpaired) electrons. The third kappa shape index (κ3) is 4.80. The Kier molecular flexibility index (Phi) is 7.02. The van der Waals surface area contributed by atoms with Crippen LogP contribution in [0.4, 0.5) is 0 Å². The van der Waals surface area contributed by atoms with Crippen LogP contribution in [-0.4, -0.2) is 29.1 Å². The fraction of sp³-hybridized carbons (Fsp3) is 0.714. The van der Waals surface area contributed by atoms with Gasteiger partial charge in [-0.2, -0.15) is 0 Å². The highest BCUT2D eigenvalue weighted by molar-refractivity contribution is 6.30. The molecule has 114 valence electrons. The second-order valence-electron chi connectivity index (χ2n) is 5.18. The third-order valence-corrected chi connectivity index (χ3v) is 3.48. The summed E-state index contributed by atoms with van der Waals surface area (Å²) in [5.41, 5.74) is 0.812. The number of aryl methyl sites for hydroxylation is 1. The van der Waals surface area contributed by atoms with Crippen molar-refractivity contribution in [3.63, 3.8) is 0 Å². The number of esters is 1. The molecular weight excluding hydrogens is 278 g/mol. The van der Waals surface area contributed by atoms with Gasteiger partial charge in [0.2, 0.25) is 0 Å². The molecular formula is C14H24ClN3O2. The van der Waals surface area contributed by atoms with E-state index in [9.17, 15) is 4.79 Å². The van der Waals surface area contributed by atoms with Crippen LogP contribution in [0.2, 0.25) is 5.15 Å². The highest BCUT2D eigenvalue weighted by Gasteiger charge is 2.23. The van der Waals surface area contributed by atoms with Crippen molar-refractivity contribution in [2.75, 3.05) is 7.11 Å². The summed E-state index contributed by atoms with van der Waals surface area (Å²) in [6.45, 7) is 6.54. The number of halogens is 1. The molecule has 0 aliphatic rings. The lowest BCUT2D eigenvalue weighted by molar-refractivity contribution is -0.144. The maximum absolute atomic E-state index is 11.7. The minimum atomic E-state index is -0.349. The number of H-pyrrole nitrogens is 1. The summed E-state index contributed by atoms with van der Waals surface area (Å²) in [5, 5.41) is 3.63. The minimum Gasteiger partial charge on any atom is -0.468 e. The second-order valence-corrected chi connectivity index (χ2v) is 5.54. The molecule has 6 heteroatoms. The number of rotatable bonds is 8. The second kappa shape index (κ2) is 8.27. The van der Waals surface area contributed by atoms with Gasteiger partial charge in [-0.15, -0.1) is 0 Å². The molecule has 5 nitrogen and oxygen atoms in total. The Morgan fingerprint density at radius 2 is 2.20 bits per heavy atom. The summed E-state index contributed by atoms with van der Waals surface area (Å²) >= 11 is 6.10. The van der Waals surface area contributed by atoms with Crippen molar-refractivity contribution < 1.29 is 9.53 Å². The quantitative estimate of drug-likeness (QED) is 0.725. The first-order chi connectivity index (χ1) is 9.49. The Bertz CT molecular complexity index is 432. The Hall–Kier alpha value is -1.07. The van der Waals surface area contributed by atoms with Crippen molar-refractivity contribution in [2.24, 2.45) is 5.92 Å². The van der Waals surface area contributed by atoms with Crippen molar-refractivity contribution >= 4 is 17.6 Å². The Morgan fingerprint density at radius 1 is 1.50 bits per heavy atom. The van der Waals surface area contributed by atoms with Gasteiger partial charge >= 0.3 is 5.97 Å². The zero-order chi connectivity index (χ0) is 15.1. The van der Waals surface area contributed by atoms with Crippen LogP contribution in [0.15, 0.2) is 0 Å². The van der Waals surface area contributed by atoms with E-state index in [0.29, 0.717) is 11.7 Å². The molecule has 1 aromatic rings. The molecule has 0 fully saturated rings. The number of nitrogens with one attached hydrogen (secondary N) is 2. The Balaban J connectivity index is 2.63. The van der Waals surface area contributed by atoms with E-state index in [4.69, 9.17) is 16.3 Å². The van der Waals surface area contributed by atoms with Crippen LogP contribution >= 0.6 is 11.6 Å². The molecule has 20 heavy (non-hydrogen) atoms. The summed E-state index contributed by atoms with van der Waals surface area (Å²) < 4.78 is 4.79. The number of imidazole rings is 1. The molecule has 0 aromatic carbocycles. The Labute approximate surface area is 125 Å². The van der Waals surface area contributed by atoms with Gasteiger partial charge in [-0.05, 0) is 12.3 Å². The number of aromatic amines is 1. The van der Waals surface area contributed by atoms with Gasteiger partial charge in [-0.25, -0.2) is 4.98 Å². The number of ether oxygens (including phenoxy) is 1. The van der Waals surface area contributed by atoms with Gasteiger partial charge < -0.3 is 9.72 Å². The molecule has 0 aliphatic heterocycles. The smallest absolute Gasteiger partial charge is 0.323 e. The van der Waals surface area contributed by atoms with E-state index in [1.54, 1.807) is 0 Å². The van der Waals surface area contributed by atoms with Crippen molar-refractivity contribution in [3.8, 4) is 0 Å². The van der Waals surface area contributed by atoms with Gasteiger partial charge in [-0.1, -0.05) is 38.8 Å². The lowest BCUT2D eigenvalue weighted by atomic mass is 10.0. The lowest BCUT2D eigenvalue weighted by Gasteiger charge is -2.19. The number of methoxy groups -OCH3 is 1. The zero-order valence-corrected chi connectivity index (χ0v) is 13.4. The third-order valence-electron chi connectivity index (χ3n) is 3.16. The summed E-state index contributed by atoms with van der Waals surface area (Å²) in [5.74, 6) is 0.776. The van der Waals surface area contributed by atoms with Gasteiger partial charge in [-0.3, -0.25) is 10.1 Å². The van der Waals surface area contributed by atoms with Crippen molar-refractivity contribution in [3.05, 3.63) is 16.7 Å². The van der Waals surface area contributed by atoms with E-state index >= 15 is 0 Å². The molecule has 2 N–H and O–H groups in total. The molecule has 0 bridgehead atoms. The molecule has 0 saturated heterocycles. The fourth-order valence-corrected chi connectivity index (χ4v) is 2.17. The molecule has 0 spiro atoms. The van der Waals surface area contributed by atoms with E-state index < -0.39 is 0 Å². The van der Waals surface area contributed by atoms with Crippen LogP contribution in [-0.2, 0) is 22.5 Å². The summed E-state index contributed by atoms with van der Waals surface area (Å²) in [6, 6.07) is -0.349. The van der Waals surface area contributed by atoms with E-state index in [-0.39, 0.29) is 17.9 Å². The van der Waals surface area contributed by atoms with Crippen LogP contribution < -0.4 is 5.32 Å². The van der Waals surface area contributed by atoms with Gasteiger partial charge in [0.15, 0.2) is 5.15 Å². The first kappa shape index (κ1) is 17.0. The van der Waals surface area contributed by atoms with E-state index in [0.717, 1.165) is 30.8 Å². The van der Waals surface area contributed by atoms with Gasteiger partial charge in [0.1, 0.15) is 11.9 Å². The average molecular weight is 302 g/mol. The van der Waals surface area contributed by atoms with Crippen LogP contribution in [0.5, 0.6) is 0 Å². The maximum Gasteiger partial charge on any atom is 0.323 e. The van der Waals surface area contributed by atoms with Crippen molar-refractivity contribution in [2.45, 2.75) is 52.6 Å². The van der Waals surface area contributed by atoms with E-state index in [2.05, 4.69) is 22.2 Å². The Morgan fingerprint density at radius 3 is 2.75 bits per heavy atom. The highest BCUT2D eigenvalue weighted by atomic mass is 35.5. The lowest BCUT2D eigenvalue weighted by Crippen LogP contribution is -2.41. The molecule has 1 atom stereocenters. The molecule has 1 unspecified atom stereocenters. The summed E-state index contributed by atoms with van der Waals surface area (Å²) in [4.78, 5) is 19.2. The zero-order valence-electron chi connectivity index (χ0n) is 12.6. The van der Waals surface area contributed by atoms with Gasteiger partial charge in [0.25, 0.3) is 0 Å². The number of carbonyl (C=O) groups excluding carboxylic acids is 1. The van der Waals surface area contributed by atoms with Gasteiger partial charge in [0.05, 0.1) is 12.8 Å². The number of aromatic nitrogens is 2. The number of unbranched alkanes of at least 4 members (excludes halogenated alkanes) is 1. The topological polar surface area (TPSA) is 67.0 Å². The summed E-state index contributed by atoms with van der Waals surface area (Å²) in [7, 11) is 1.39. The largest absolute Gasteiger partial charge is 0.468 e. The summed E-state index contributed by atoms with van der Waals surface area (Å²) in [6.07, 6.45) is 3.08. The molecule has 0 saturated carbocycles. The number of nitrogens with zero attached hydrogens (tertiary/aromatic N) is 1. The maximum atomic E-state index is 11.7. The van der Waals surface area contributed by atoms with E-state index in [1.807, 2.05) is 13.8 Å². The number of hydrogen-bond donors (Lipinski definition) is 2. The monoisotopic (exact) mass is 301 g/mol. The predicted molar refractivity (Wildman–Crippen MR) is 79.7 cm³/mol. The predicted octanol–water partition coefficient (Wildman–Crippen LogP) is 2.69. The molecule has 0 amide bonds. The minimum absolute atomic E-state index is 0.142. The van der Waals surface area contributed by atoms with Crippen LogP contribution in [0.1, 0.15) is 45.1 Å². The average Bonchev–Trinajstić information content (AvgIpc) is 2.76. The van der Waals surface area contributed by atoms with Crippen molar-refractivity contribution in [1.82, 2.24) is 15.3 Å². The number of carbonyl (C=O) groups is 1. The normalized spacial score (nSPS) is 12.7. The standard InChI is InChI=1S/C14H24ClN3O2/c1-5-6-7-11-17-10(13(15)18-11)8-16-12(9(2)3)14(19)20-4/h9,12,16H,5-8H2,1-4H3,(H,17,18). The SMILES string of the molecule is CCCCc1nc(Cl)c(CNC(C(=O)OC)C(C)C)[nH]1. The molecule has 0 aliphatic carbocycles. The molecule has 1 heterocycles. The highest BCUT2D eigenvalue weighted by Crippen LogP contribution is 2.15. The van der Waals surface area contributed by atoms with Crippen LogP contribution in [0, 0.1) is 5.92 Å². The van der Waals surface area contributed by atoms with E-state index in [1.165, 1.54) is 7.11 Å². The molecule has 1 rings (SSSR count).